The molecule has 0 aliphatic carbocycles. The summed E-state index contributed by atoms with van der Waals surface area (Å²) in [6.45, 7) is 0.239. The molecule has 2 aliphatic rings. The van der Waals surface area contributed by atoms with Gasteiger partial charge in [-0.15, -0.1) is 5.10 Å². The highest BCUT2D eigenvalue weighted by Gasteiger charge is 2.39. The molecule has 6 rings (SSSR count). The van der Waals surface area contributed by atoms with Crippen LogP contribution in [0.4, 0.5) is 5.82 Å². The van der Waals surface area contributed by atoms with Crippen LogP contribution in [0.3, 0.4) is 0 Å². The number of carbonyl (C=O) groups excluding carboxylic acids is 4. The number of carbonyl (C=O) groups is 4. The zero-order chi connectivity index (χ0) is 25.0. The molecule has 2 aliphatic heterocycles. The Hall–Kier alpha value is -4.87. The number of rotatable bonds is 4. The minimum absolute atomic E-state index is 0.103. The predicted octanol–water partition coefficient (Wildman–Crippen LogP) is 1.17. The van der Waals surface area contributed by atoms with Crippen LogP contribution in [0.25, 0.3) is 16.6 Å². The number of benzene rings is 2. The van der Waals surface area contributed by atoms with Crippen LogP contribution in [-0.4, -0.2) is 59.3 Å². The zero-order valence-corrected chi connectivity index (χ0v) is 19.1. The highest BCUT2D eigenvalue weighted by Crippen LogP contribution is 2.29. The Morgan fingerprint density at radius 1 is 1.14 bits per heavy atom. The summed E-state index contributed by atoms with van der Waals surface area (Å²) in [5.41, 5.74) is 2.82. The van der Waals surface area contributed by atoms with Crippen molar-refractivity contribution in [1.82, 2.24) is 35.0 Å². The Bertz CT molecular complexity index is 1590. The van der Waals surface area contributed by atoms with Crippen molar-refractivity contribution in [3.8, 4) is 5.69 Å². The van der Waals surface area contributed by atoms with Gasteiger partial charge in [0.25, 0.3) is 11.8 Å². The lowest BCUT2D eigenvalue weighted by molar-refractivity contribution is -0.136. The number of aromatic nitrogens is 5. The molecule has 180 valence electrons. The second-order valence-corrected chi connectivity index (χ2v) is 8.73. The van der Waals surface area contributed by atoms with E-state index in [0.29, 0.717) is 23.5 Å². The molecule has 4 amide bonds. The third kappa shape index (κ3) is 3.50. The molecule has 2 aromatic carbocycles. The summed E-state index contributed by atoms with van der Waals surface area (Å²) in [6.07, 6.45) is 1.99. The van der Waals surface area contributed by atoms with Gasteiger partial charge in [-0.1, -0.05) is 17.3 Å². The number of hydrogen-bond donors (Lipinski definition) is 2. The van der Waals surface area contributed by atoms with Crippen molar-refractivity contribution >= 4 is 40.3 Å². The lowest BCUT2D eigenvalue weighted by atomic mass is 10.0. The molecule has 36 heavy (non-hydrogen) atoms. The van der Waals surface area contributed by atoms with E-state index in [2.05, 4.69) is 26.0 Å². The van der Waals surface area contributed by atoms with E-state index in [1.165, 1.54) is 15.8 Å². The molecule has 1 fully saturated rings. The number of anilines is 1. The van der Waals surface area contributed by atoms with Crippen LogP contribution in [0.1, 0.15) is 39.3 Å². The minimum atomic E-state index is -0.685. The number of para-hydroxylation sites is 1. The molecule has 4 heterocycles. The van der Waals surface area contributed by atoms with Gasteiger partial charge in [0.2, 0.25) is 11.8 Å². The molecular weight excluding hydrogens is 464 g/mol. The average molecular weight is 484 g/mol. The maximum Gasteiger partial charge on any atom is 0.279 e. The summed E-state index contributed by atoms with van der Waals surface area (Å²) in [6, 6.07) is 12.0. The van der Waals surface area contributed by atoms with E-state index in [0.717, 1.165) is 16.5 Å². The Morgan fingerprint density at radius 2 is 1.97 bits per heavy atom. The minimum Gasteiger partial charge on any atom is -0.322 e. The van der Waals surface area contributed by atoms with E-state index in [1.54, 1.807) is 29.9 Å². The normalized spacial score (nSPS) is 17.4. The van der Waals surface area contributed by atoms with Crippen molar-refractivity contribution in [1.29, 1.82) is 0 Å². The van der Waals surface area contributed by atoms with Crippen LogP contribution >= 0.6 is 0 Å². The topological polar surface area (TPSA) is 144 Å². The van der Waals surface area contributed by atoms with E-state index < -0.39 is 17.9 Å². The number of nitrogens with one attached hydrogen (secondary N) is 2. The smallest absolute Gasteiger partial charge is 0.279 e. The fourth-order valence-corrected chi connectivity index (χ4v) is 4.68. The lowest BCUT2D eigenvalue weighted by Crippen LogP contribution is -2.52. The number of piperidine rings is 1. The lowest BCUT2D eigenvalue weighted by Gasteiger charge is -2.29. The number of hydrogen-bond acceptors (Lipinski definition) is 7. The third-order valence-corrected chi connectivity index (χ3v) is 6.49. The van der Waals surface area contributed by atoms with Crippen molar-refractivity contribution in [3.63, 3.8) is 0 Å². The van der Waals surface area contributed by atoms with Crippen LogP contribution in [0.2, 0.25) is 0 Å². The van der Waals surface area contributed by atoms with Gasteiger partial charge in [-0.3, -0.25) is 29.2 Å². The van der Waals surface area contributed by atoms with Gasteiger partial charge in [-0.2, -0.15) is 5.10 Å². The van der Waals surface area contributed by atoms with Crippen LogP contribution in [0, 0.1) is 0 Å². The first-order valence-corrected chi connectivity index (χ1v) is 11.3. The van der Waals surface area contributed by atoms with Gasteiger partial charge in [-0.25, -0.2) is 4.68 Å². The molecule has 0 spiro atoms. The maximum absolute atomic E-state index is 12.9. The predicted molar refractivity (Wildman–Crippen MR) is 126 cm³/mol. The molecule has 1 atom stereocenters. The first kappa shape index (κ1) is 21.6. The highest BCUT2D eigenvalue weighted by molar-refractivity contribution is 6.07. The average Bonchev–Trinajstić information content (AvgIpc) is 3.56. The molecule has 12 heteroatoms. The van der Waals surface area contributed by atoms with Gasteiger partial charge in [0.05, 0.1) is 17.4 Å². The first-order chi connectivity index (χ1) is 17.4. The number of imide groups is 1. The molecule has 12 nitrogen and oxygen atoms in total. The second kappa shape index (κ2) is 8.12. The number of fused-ring (bicyclic) bond motifs is 2. The summed E-state index contributed by atoms with van der Waals surface area (Å²) in [7, 11) is 1.80. The molecule has 0 saturated carbocycles. The second-order valence-electron chi connectivity index (χ2n) is 8.73. The molecular formula is C24H20N8O4. The molecule has 1 saturated heterocycles. The molecule has 2 N–H and O–H groups in total. The first-order valence-electron chi connectivity index (χ1n) is 11.3. The van der Waals surface area contributed by atoms with E-state index in [1.807, 2.05) is 24.3 Å². The summed E-state index contributed by atoms with van der Waals surface area (Å²) in [5.74, 6) is -1.07. The largest absolute Gasteiger partial charge is 0.322 e. The highest BCUT2D eigenvalue weighted by atomic mass is 16.2. The van der Waals surface area contributed by atoms with Crippen LogP contribution < -0.4 is 10.6 Å². The number of nitrogens with zero attached hydrogens (tertiary/aromatic N) is 6. The van der Waals surface area contributed by atoms with E-state index >= 15 is 0 Å². The Morgan fingerprint density at radius 3 is 2.81 bits per heavy atom. The molecule has 4 aromatic rings. The Kier molecular flexibility index (Phi) is 4.88. The summed E-state index contributed by atoms with van der Waals surface area (Å²) >= 11 is 0. The number of aryl methyl sites for hydroxylation is 1. The SMILES string of the molecule is Cn1nc(NC(=O)c2cn(-c3ccc4c(c3)CN(C3CCC(=O)NC3=O)C4=O)nn2)c2ccccc21. The van der Waals surface area contributed by atoms with E-state index in [9.17, 15) is 19.2 Å². The summed E-state index contributed by atoms with van der Waals surface area (Å²) in [5, 5.41) is 18.3. The van der Waals surface area contributed by atoms with Crippen LogP contribution in [0.5, 0.6) is 0 Å². The van der Waals surface area contributed by atoms with Crippen molar-refractivity contribution in [2.24, 2.45) is 7.05 Å². The van der Waals surface area contributed by atoms with Crippen molar-refractivity contribution in [2.75, 3.05) is 5.32 Å². The summed E-state index contributed by atoms with van der Waals surface area (Å²) in [4.78, 5) is 50.9. The van der Waals surface area contributed by atoms with Crippen LogP contribution in [-0.2, 0) is 23.2 Å². The Labute approximate surface area is 203 Å². The quantitative estimate of drug-likeness (QED) is 0.414. The van der Waals surface area contributed by atoms with Gasteiger partial charge in [0.1, 0.15) is 6.04 Å². The van der Waals surface area contributed by atoms with Crippen LogP contribution in [0.15, 0.2) is 48.7 Å². The molecule has 1 unspecified atom stereocenters. The third-order valence-electron chi connectivity index (χ3n) is 6.49. The van der Waals surface area contributed by atoms with Gasteiger partial charge in [0.15, 0.2) is 11.5 Å². The molecule has 0 radical (unpaired) electrons. The van der Waals surface area contributed by atoms with Gasteiger partial charge < -0.3 is 10.2 Å². The van der Waals surface area contributed by atoms with Gasteiger partial charge >= 0.3 is 0 Å². The van der Waals surface area contributed by atoms with Crippen molar-refractivity contribution in [3.05, 3.63) is 65.5 Å². The van der Waals surface area contributed by atoms with Crippen molar-refractivity contribution in [2.45, 2.75) is 25.4 Å². The zero-order valence-electron chi connectivity index (χ0n) is 19.1. The molecule has 0 bridgehead atoms. The monoisotopic (exact) mass is 484 g/mol. The maximum atomic E-state index is 12.9. The van der Waals surface area contributed by atoms with Gasteiger partial charge in [0, 0.05) is 31.0 Å². The fraction of sp³-hybridized carbons (Fsp3) is 0.208. The number of amides is 4. The van der Waals surface area contributed by atoms with E-state index in [-0.39, 0.29) is 30.5 Å². The van der Waals surface area contributed by atoms with E-state index in [4.69, 9.17) is 0 Å². The van der Waals surface area contributed by atoms with Crippen molar-refractivity contribution < 1.29 is 19.2 Å². The standard InChI is InChI=1S/C24H20N8O4/c1-30-18-5-3-2-4-16(18)21(28-30)26-22(34)17-12-32(29-27-17)14-6-7-15-13(10-14)11-31(24(15)36)19-8-9-20(33)25-23(19)35/h2-7,10,12,19H,8-9,11H2,1H3,(H,25,33,35)(H,26,28,34). The summed E-state index contributed by atoms with van der Waals surface area (Å²) < 4.78 is 3.14. The van der Waals surface area contributed by atoms with Gasteiger partial charge in [-0.05, 0) is 42.3 Å². The molecule has 2 aromatic heterocycles. The fourth-order valence-electron chi connectivity index (χ4n) is 4.68. The Balaban J connectivity index is 1.21.